The summed E-state index contributed by atoms with van der Waals surface area (Å²) in [6, 6.07) is 7.98. The van der Waals surface area contributed by atoms with E-state index in [4.69, 9.17) is 15.6 Å². The largest absolute Gasteiger partial charge is 0.480 e. The van der Waals surface area contributed by atoms with E-state index in [1.165, 1.54) is 4.90 Å². The normalized spacial score (nSPS) is 17.2. The molecule has 2 rings (SSSR count). The zero-order valence-electron chi connectivity index (χ0n) is 15.7. The molecule has 0 bridgehead atoms. The molecule has 0 aliphatic carbocycles. The van der Waals surface area contributed by atoms with Crippen LogP contribution in [0, 0.1) is 0 Å². The van der Waals surface area contributed by atoms with Crippen LogP contribution < -0.4 is 11.1 Å². The summed E-state index contributed by atoms with van der Waals surface area (Å²) >= 11 is 1.57. The predicted molar refractivity (Wildman–Crippen MR) is 107 cm³/mol. The van der Waals surface area contributed by atoms with Gasteiger partial charge >= 0.3 is 12.1 Å². The molecule has 1 fully saturated rings. The quantitative estimate of drug-likeness (QED) is 0.500. The topological polar surface area (TPSA) is 122 Å². The molecule has 0 radical (unpaired) electrons. The number of ether oxygens (including phenoxy) is 1. The van der Waals surface area contributed by atoms with Crippen LogP contribution in [0.25, 0.3) is 0 Å². The molecule has 1 aromatic rings. The molecule has 2 amide bonds. The number of hydrogen-bond donors (Lipinski definition) is 3. The highest BCUT2D eigenvalue weighted by Crippen LogP contribution is 2.19. The minimum atomic E-state index is -0.974. The van der Waals surface area contributed by atoms with Crippen LogP contribution in [0.2, 0.25) is 0 Å². The molecule has 0 saturated carbocycles. The number of carboxylic acid groups (broad SMARTS) is 1. The van der Waals surface area contributed by atoms with Crippen molar-refractivity contribution in [2.24, 2.45) is 5.73 Å². The van der Waals surface area contributed by atoms with E-state index < -0.39 is 24.1 Å². The number of rotatable bonds is 10. The molecule has 1 aliphatic heterocycles. The molecule has 1 aromatic carbocycles. The van der Waals surface area contributed by atoms with Crippen LogP contribution in [-0.4, -0.2) is 64.7 Å². The number of benzene rings is 1. The van der Waals surface area contributed by atoms with Crippen LogP contribution in [-0.2, 0) is 20.9 Å². The summed E-state index contributed by atoms with van der Waals surface area (Å²) < 4.78 is 5.11. The van der Waals surface area contributed by atoms with Gasteiger partial charge in [-0.25, -0.2) is 9.59 Å². The fourth-order valence-electron chi connectivity index (χ4n) is 2.94. The number of amides is 2. The van der Waals surface area contributed by atoms with Gasteiger partial charge in [0.2, 0.25) is 5.91 Å². The third-order valence-corrected chi connectivity index (χ3v) is 5.46. The average molecular weight is 410 g/mol. The first kappa shape index (κ1) is 22.0. The van der Waals surface area contributed by atoms with Crippen LogP contribution in [0.1, 0.15) is 24.8 Å². The molecule has 1 aliphatic rings. The van der Waals surface area contributed by atoms with Crippen molar-refractivity contribution < 1.29 is 24.2 Å². The van der Waals surface area contributed by atoms with Crippen molar-refractivity contribution in [1.29, 1.82) is 0 Å². The van der Waals surface area contributed by atoms with Crippen molar-refractivity contribution >= 4 is 29.7 Å². The predicted octanol–water partition coefficient (Wildman–Crippen LogP) is 1.44. The van der Waals surface area contributed by atoms with Crippen molar-refractivity contribution in [1.82, 2.24) is 10.2 Å². The Balaban J connectivity index is 1.54. The van der Waals surface area contributed by atoms with Gasteiger partial charge in [0.15, 0.2) is 0 Å². The number of carboxylic acids is 1. The molecule has 1 heterocycles. The zero-order chi connectivity index (χ0) is 20.4. The summed E-state index contributed by atoms with van der Waals surface area (Å²) in [5.41, 5.74) is 6.85. The SMILES string of the molecule is N[C@@H](CCSCCNC(=O)OCc1ccccc1)C(=O)N1CCC[C@H]1C(=O)O. The van der Waals surface area contributed by atoms with E-state index in [1.807, 2.05) is 30.3 Å². The smallest absolute Gasteiger partial charge is 0.407 e. The van der Waals surface area contributed by atoms with E-state index in [-0.39, 0.29) is 12.5 Å². The van der Waals surface area contributed by atoms with Crippen molar-refractivity contribution in [3.8, 4) is 0 Å². The summed E-state index contributed by atoms with van der Waals surface area (Å²) in [5, 5.41) is 11.8. The Hall–Kier alpha value is -2.26. The average Bonchev–Trinajstić information content (AvgIpc) is 3.19. The highest BCUT2D eigenvalue weighted by Gasteiger charge is 2.35. The summed E-state index contributed by atoms with van der Waals surface area (Å²) in [6.07, 6.45) is 1.17. The van der Waals surface area contributed by atoms with Crippen molar-refractivity contribution in [3.63, 3.8) is 0 Å². The fourth-order valence-corrected chi connectivity index (χ4v) is 3.81. The summed E-state index contributed by atoms with van der Waals surface area (Å²) in [4.78, 5) is 36.5. The highest BCUT2D eigenvalue weighted by molar-refractivity contribution is 7.99. The molecule has 4 N–H and O–H groups in total. The molecule has 154 valence electrons. The summed E-state index contributed by atoms with van der Waals surface area (Å²) in [7, 11) is 0. The summed E-state index contributed by atoms with van der Waals surface area (Å²) in [6.45, 7) is 1.13. The number of likely N-dealkylation sites (tertiary alicyclic amines) is 1. The lowest BCUT2D eigenvalue weighted by atomic mass is 10.2. The van der Waals surface area contributed by atoms with Crippen molar-refractivity contribution in [2.45, 2.75) is 38.0 Å². The van der Waals surface area contributed by atoms with Crippen LogP contribution in [0.4, 0.5) is 4.79 Å². The highest BCUT2D eigenvalue weighted by atomic mass is 32.2. The maximum absolute atomic E-state index is 12.3. The van der Waals surface area contributed by atoms with Gasteiger partial charge in [0.25, 0.3) is 0 Å². The Labute approximate surface area is 168 Å². The van der Waals surface area contributed by atoms with Gasteiger partial charge in [-0.3, -0.25) is 4.79 Å². The first-order valence-electron chi connectivity index (χ1n) is 9.30. The Bertz CT molecular complexity index is 658. The lowest BCUT2D eigenvalue weighted by molar-refractivity contribution is -0.148. The molecule has 2 atom stereocenters. The maximum Gasteiger partial charge on any atom is 0.407 e. The number of carbonyl (C=O) groups excluding carboxylic acids is 2. The number of nitrogens with zero attached hydrogens (tertiary/aromatic N) is 1. The Morgan fingerprint density at radius 2 is 2.04 bits per heavy atom. The second-order valence-corrected chi connectivity index (χ2v) is 7.75. The van der Waals surface area contributed by atoms with Crippen molar-refractivity contribution in [3.05, 3.63) is 35.9 Å². The molecule has 0 aromatic heterocycles. The van der Waals surface area contributed by atoms with Crippen LogP contribution in [0.3, 0.4) is 0 Å². The van der Waals surface area contributed by atoms with Gasteiger partial charge in [-0.15, -0.1) is 0 Å². The monoisotopic (exact) mass is 409 g/mol. The van der Waals surface area contributed by atoms with E-state index in [9.17, 15) is 14.4 Å². The molecular weight excluding hydrogens is 382 g/mol. The number of carbonyl (C=O) groups is 3. The minimum absolute atomic E-state index is 0.227. The van der Waals surface area contributed by atoms with Gasteiger partial charge in [0.05, 0.1) is 6.04 Å². The van der Waals surface area contributed by atoms with Crippen LogP contribution in [0.5, 0.6) is 0 Å². The lowest BCUT2D eigenvalue weighted by Crippen LogP contribution is -2.48. The lowest BCUT2D eigenvalue weighted by Gasteiger charge is -2.24. The Morgan fingerprint density at radius 3 is 2.75 bits per heavy atom. The van der Waals surface area contributed by atoms with Gasteiger partial charge in [0, 0.05) is 18.8 Å². The molecule has 0 unspecified atom stereocenters. The summed E-state index contributed by atoms with van der Waals surface area (Å²) in [5.74, 6) is 0.0490. The third-order valence-electron chi connectivity index (χ3n) is 4.44. The standard InChI is InChI=1S/C19H27N3O5S/c20-15(17(23)22-10-4-7-16(22)18(24)25)8-11-28-12-9-21-19(26)27-13-14-5-2-1-3-6-14/h1-3,5-6,15-16H,4,7-13,20H2,(H,21,26)(H,24,25)/t15-,16-/m0/s1. The van der Waals surface area contributed by atoms with E-state index in [1.54, 1.807) is 11.8 Å². The van der Waals surface area contributed by atoms with Crippen molar-refractivity contribution in [2.75, 3.05) is 24.6 Å². The number of nitrogens with one attached hydrogen (secondary N) is 1. The van der Waals surface area contributed by atoms with Gasteiger partial charge < -0.3 is 25.8 Å². The van der Waals surface area contributed by atoms with E-state index >= 15 is 0 Å². The number of nitrogens with two attached hydrogens (primary N) is 1. The van der Waals surface area contributed by atoms with Crippen LogP contribution >= 0.6 is 11.8 Å². The minimum Gasteiger partial charge on any atom is -0.480 e. The van der Waals surface area contributed by atoms with Gasteiger partial charge in [-0.2, -0.15) is 11.8 Å². The second-order valence-electron chi connectivity index (χ2n) is 6.52. The van der Waals surface area contributed by atoms with E-state index in [0.717, 1.165) is 5.56 Å². The van der Waals surface area contributed by atoms with Gasteiger partial charge in [-0.05, 0) is 30.6 Å². The van der Waals surface area contributed by atoms with E-state index in [2.05, 4.69) is 5.32 Å². The molecule has 28 heavy (non-hydrogen) atoms. The molecule has 8 nitrogen and oxygen atoms in total. The molecule has 1 saturated heterocycles. The zero-order valence-corrected chi connectivity index (χ0v) is 16.5. The number of hydrogen-bond acceptors (Lipinski definition) is 6. The van der Waals surface area contributed by atoms with Gasteiger partial charge in [0.1, 0.15) is 12.6 Å². The molecule has 0 spiro atoms. The first-order chi connectivity index (χ1) is 13.5. The third kappa shape index (κ3) is 7.05. The first-order valence-corrected chi connectivity index (χ1v) is 10.5. The molecular formula is C19H27N3O5S. The Kier molecular flexibility index (Phi) is 9.09. The van der Waals surface area contributed by atoms with Gasteiger partial charge in [-0.1, -0.05) is 30.3 Å². The Morgan fingerprint density at radius 1 is 1.29 bits per heavy atom. The maximum atomic E-state index is 12.3. The van der Waals surface area contributed by atoms with E-state index in [0.29, 0.717) is 43.9 Å². The molecule has 9 heteroatoms. The number of alkyl carbamates (subject to hydrolysis) is 1. The van der Waals surface area contributed by atoms with Crippen LogP contribution in [0.15, 0.2) is 30.3 Å². The number of aliphatic carboxylic acids is 1. The number of thioether (sulfide) groups is 1. The second kappa shape index (κ2) is 11.6. The fraction of sp³-hybridized carbons (Fsp3) is 0.526.